The Hall–Kier alpha value is -0.310. The van der Waals surface area contributed by atoms with Crippen molar-refractivity contribution in [1.29, 1.82) is 0 Å². The fourth-order valence-electron chi connectivity index (χ4n) is 2.88. The second-order valence-electron chi connectivity index (χ2n) is 5.42. The molecular formula is C13H24N2S. The first-order chi connectivity index (χ1) is 7.74. The lowest BCUT2D eigenvalue weighted by Gasteiger charge is -2.43. The van der Waals surface area contributed by atoms with Gasteiger partial charge in [-0.15, -0.1) is 0 Å². The molecule has 0 radical (unpaired) electrons. The molecule has 16 heavy (non-hydrogen) atoms. The zero-order valence-corrected chi connectivity index (χ0v) is 11.2. The summed E-state index contributed by atoms with van der Waals surface area (Å²) in [5, 5.41) is 7.94. The van der Waals surface area contributed by atoms with Crippen LogP contribution in [0.5, 0.6) is 0 Å². The van der Waals surface area contributed by atoms with Crippen LogP contribution < -0.4 is 10.6 Å². The summed E-state index contributed by atoms with van der Waals surface area (Å²) < 4.78 is 0. The molecule has 0 aromatic carbocycles. The fourth-order valence-corrected chi connectivity index (χ4v) is 3.26. The Balaban J connectivity index is 1.74. The van der Waals surface area contributed by atoms with Gasteiger partial charge in [0.25, 0.3) is 0 Å². The van der Waals surface area contributed by atoms with Crippen molar-refractivity contribution in [3.8, 4) is 0 Å². The molecule has 2 nitrogen and oxygen atoms in total. The second-order valence-corrected chi connectivity index (χ2v) is 5.83. The Labute approximate surface area is 105 Å². The highest BCUT2D eigenvalue weighted by Gasteiger charge is 2.35. The van der Waals surface area contributed by atoms with Gasteiger partial charge in [0.2, 0.25) is 0 Å². The minimum absolute atomic E-state index is 0.332. The van der Waals surface area contributed by atoms with Crippen molar-refractivity contribution in [1.82, 2.24) is 10.6 Å². The van der Waals surface area contributed by atoms with Crippen molar-refractivity contribution in [2.24, 2.45) is 0 Å². The van der Waals surface area contributed by atoms with E-state index in [0.717, 1.165) is 5.11 Å². The number of nitrogens with one attached hydrogen (secondary N) is 2. The zero-order valence-electron chi connectivity index (χ0n) is 10.3. The Morgan fingerprint density at radius 3 is 2.38 bits per heavy atom. The predicted octanol–water partition coefficient (Wildman–Crippen LogP) is 3.12. The van der Waals surface area contributed by atoms with Gasteiger partial charge in [0.15, 0.2) is 5.11 Å². The monoisotopic (exact) mass is 240 g/mol. The van der Waals surface area contributed by atoms with E-state index in [4.69, 9.17) is 12.2 Å². The van der Waals surface area contributed by atoms with Crippen LogP contribution in [-0.2, 0) is 0 Å². The first kappa shape index (κ1) is 12.2. The van der Waals surface area contributed by atoms with Gasteiger partial charge in [-0.2, -0.15) is 0 Å². The summed E-state index contributed by atoms with van der Waals surface area (Å²) in [6.45, 7) is 2.26. The lowest BCUT2D eigenvalue weighted by Crippen LogP contribution is -2.57. The minimum atomic E-state index is 0.332. The quantitative estimate of drug-likeness (QED) is 0.741. The summed E-state index contributed by atoms with van der Waals surface area (Å²) in [6.07, 6.45) is 11.8. The van der Waals surface area contributed by atoms with Crippen molar-refractivity contribution in [3.63, 3.8) is 0 Å². The van der Waals surface area contributed by atoms with Gasteiger partial charge in [0.1, 0.15) is 0 Å². The molecule has 0 amide bonds. The second kappa shape index (κ2) is 5.35. The van der Waals surface area contributed by atoms with Gasteiger partial charge in [-0.05, 0) is 50.7 Å². The van der Waals surface area contributed by atoms with E-state index in [1.54, 1.807) is 0 Å². The maximum Gasteiger partial charge on any atom is 0.166 e. The standard InChI is InChI=1S/C13H24N2S/c1-2-13(9-6-10-13)15-12(16)14-11-7-4-3-5-8-11/h11H,2-10H2,1H3,(H2,14,15,16). The van der Waals surface area contributed by atoms with Crippen LogP contribution in [0.25, 0.3) is 0 Å². The molecule has 0 aromatic heterocycles. The summed E-state index contributed by atoms with van der Waals surface area (Å²) in [5.41, 5.74) is 0.332. The maximum absolute atomic E-state index is 5.43. The predicted molar refractivity (Wildman–Crippen MR) is 72.6 cm³/mol. The van der Waals surface area contributed by atoms with Crippen molar-refractivity contribution >= 4 is 17.3 Å². The summed E-state index contributed by atoms with van der Waals surface area (Å²) in [7, 11) is 0. The van der Waals surface area contributed by atoms with E-state index in [9.17, 15) is 0 Å². The van der Waals surface area contributed by atoms with Crippen molar-refractivity contribution in [2.75, 3.05) is 0 Å². The first-order valence-electron chi connectivity index (χ1n) is 6.83. The molecule has 0 saturated heterocycles. The molecule has 0 atom stereocenters. The molecule has 2 fully saturated rings. The Bertz CT molecular complexity index is 237. The molecule has 2 aliphatic carbocycles. The van der Waals surface area contributed by atoms with E-state index in [0.29, 0.717) is 11.6 Å². The van der Waals surface area contributed by atoms with Crippen LogP contribution in [0, 0.1) is 0 Å². The molecule has 0 unspecified atom stereocenters. The Morgan fingerprint density at radius 1 is 1.19 bits per heavy atom. The smallest absolute Gasteiger partial charge is 0.166 e. The molecule has 0 spiro atoms. The third kappa shape index (κ3) is 2.88. The number of thiocarbonyl (C=S) groups is 1. The molecule has 2 aliphatic rings. The molecule has 0 aliphatic heterocycles. The Kier molecular flexibility index (Phi) is 4.06. The van der Waals surface area contributed by atoms with E-state index < -0.39 is 0 Å². The molecule has 0 bridgehead atoms. The summed E-state index contributed by atoms with van der Waals surface area (Å²) in [4.78, 5) is 0. The van der Waals surface area contributed by atoms with E-state index >= 15 is 0 Å². The van der Waals surface area contributed by atoms with Crippen molar-refractivity contribution in [3.05, 3.63) is 0 Å². The third-order valence-electron chi connectivity index (χ3n) is 4.31. The Morgan fingerprint density at radius 2 is 1.88 bits per heavy atom. The van der Waals surface area contributed by atoms with Crippen LogP contribution >= 0.6 is 12.2 Å². The SMILES string of the molecule is CCC1(NC(=S)NC2CCCCC2)CCC1. The molecule has 2 saturated carbocycles. The summed E-state index contributed by atoms with van der Waals surface area (Å²) >= 11 is 5.43. The van der Waals surface area contributed by atoms with Gasteiger partial charge in [-0.25, -0.2) is 0 Å². The van der Waals surface area contributed by atoms with Crippen LogP contribution in [0.1, 0.15) is 64.7 Å². The first-order valence-corrected chi connectivity index (χ1v) is 7.24. The average molecular weight is 240 g/mol. The topological polar surface area (TPSA) is 24.1 Å². The van der Waals surface area contributed by atoms with Crippen molar-refractivity contribution in [2.45, 2.75) is 76.3 Å². The van der Waals surface area contributed by atoms with Gasteiger partial charge in [0, 0.05) is 11.6 Å². The molecule has 2 N–H and O–H groups in total. The van der Waals surface area contributed by atoms with Gasteiger partial charge in [-0.3, -0.25) is 0 Å². The van der Waals surface area contributed by atoms with Crippen LogP contribution in [0.3, 0.4) is 0 Å². The lowest BCUT2D eigenvalue weighted by molar-refractivity contribution is 0.208. The highest BCUT2D eigenvalue weighted by molar-refractivity contribution is 7.80. The van der Waals surface area contributed by atoms with E-state index in [2.05, 4.69) is 17.6 Å². The number of hydrogen-bond donors (Lipinski definition) is 2. The number of hydrogen-bond acceptors (Lipinski definition) is 1. The number of rotatable bonds is 3. The third-order valence-corrected chi connectivity index (χ3v) is 4.53. The minimum Gasteiger partial charge on any atom is -0.360 e. The lowest BCUT2D eigenvalue weighted by atomic mass is 9.75. The zero-order chi connectivity index (χ0) is 11.4. The molecule has 0 aromatic rings. The van der Waals surface area contributed by atoms with Gasteiger partial charge >= 0.3 is 0 Å². The molecule has 92 valence electrons. The van der Waals surface area contributed by atoms with Crippen molar-refractivity contribution < 1.29 is 0 Å². The molecular weight excluding hydrogens is 216 g/mol. The van der Waals surface area contributed by atoms with Gasteiger partial charge in [-0.1, -0.05) is 26.2 Å². The van der Waals surface area contributed by atoms with Gasteiger partial charge < -0.3 is 10.6 Å². The van der Waals surface area contributed by atoms with Crippen LogP contribution in [0.15, 0.2) is 0 Å². The fraction of sp³-hybridized carbons (Fsp3) is 0.923. The largest absolute Gasteiger partial charge is 0.360 e. The summed E-state index contributed by atoms with van der Waals surface area (Å²) in [6, 6.07) is 0.628. The van der Waals surface area contributed by atoms with E-state index in [-0.39, 0.29) is 0 Å². The molecule has 0 heterocycles. The molecule has 3 heteroatoms. The normalized spacial score (nSPS) is 24.6. The van der Waals surface area contributed by atoms with E-state index in [1.165, 1.54) is 57.8 Å². The average Bonchev–Trinajstić information content (AvgIpc) is 2.25. The maximum atomic E-state index is 5.43. The highest BCUT2D eigenvalue weighted by Crippen LogP contribution is 2.34. The summed E-state index contributed by atoms with van der Waals surface area (Å²) in [5.74, 6) is 0. The highest BCUT2D eigenvalue weighted by atomic mass is 32.1. The van der Waals surface area contributed by atoms with Crippen LogP contribution in [0.4, 0.5) is 0 Å². The molecule has 2 rings (SSSR count). The van der Waals surface area contributed by atoms with Crippen LogP contribution in [-0.4, -0.2) is 16.7 Å². The van der Waals surface area contributed by atoms with E-state index in [1.807, 2.05) is 0 Å². The van der Waals surface area contributed by atoms with Gasteiger partial charge in [0.05, 0.1) is 0 Å². The van der Waals surface area contributed by atoms with Crippen LogP contribution in [0.2, 0.25) is 0 Å².